The summed E-state index contributed by atoms with van der Waals surface area (Å²) in [7, 11) is -2.97. The lowest BCUT2D eigenvalue weighted by atomic mass is 10.4. The van der Waals surface area contributed by atoms with Crippen LogP contribution in [0, 0.1) is 0 Å². The SMILES string of the molecule is C1CNCCN1.CS(=O)(=O)N1CCOCC1. The molecule has 2 N–H and O–H groups in total. The van der Waals surface area contributed by atoms with Crippen molar-refractivity contribution in [1.82, 2.24) is 14.9 Å². The van der Waals surface area contributed by atoms with Crippen LogP contribution in [-0.4, -0.2) is 71.5 Å². The zero-order valence-corrected chi connectivity index (χ0v) is 10.6. The molecule has 0 aromatic rings. The van der Waals surface area contributed by atoms with Gasteiger partial charge in [0.2, 0.25) is 10.0 Å². The monoisotopic (exact) mass is 251 g/mol. The minimum atomic E-state index is -2.97. The summed E-state index contributed by atoms with van der Waals surface area (Å²) in [5.41, 5.74) is 0. The van der Waals surface area contributed by atoms with Crippen LogP contribution in [0.15, 0.2) is 0 Å². The third-order valence-corrected chi connectivity index (χ3v) is 3.70. The third kappa shape index (κ3) is 5.76. The normalized spacial score (nSPS) is 23.3. The van der Waals surface area contributed by atoms with Crippen LogP contribution in [0.1, 0.15) is 0 Å². The van der Waals surface area contributed by atoms with Gasteiger partial charge in [-0.1, -0.05) is 0 Å². The summed E-state index contributed by atoms with van der Waals surface area (Å²) in [6.07, 6.45) is 1.22. The van der Waals surface area contributed by atoms with Crippen LogP contribution >= 0.6 is 0 Å². The van der Waals surface area contributed by atoms with Gasteiger partial charge in [0.25, 0.3) is 0 Å². The van der Waals surface area contributed by atoms with Crippen LogP contribution in [0.25, 0.3) is 0 Å². The lowest BCUT2D eigenvalue weighted by Crippen LogP contribution is -2.39. The molecule has 16 heavy (non-hydrogen) atoms. The summed E-state index contributed by atoms with van der Waals surface area (Å²) >= 11 is 0. The highest BCUT2D eigenvalue weighted by Crippen LogP contribution is 2.01. The Morgan fingerprint density at radius 2 is 1.44 bits per heavy atom. The number of nitrogens with zero attached hydrogens (tertiary/aromatic N) is 1. The molecule has 2 fully saturated rings. The molecule has 0 aromatic heterocycles. The van der Waals surface area contributed by atoms with Crippen LogP contribution in [-0.2, 0) is 14.8 Å². The van der Waals surface area contributed by atoms with Gasteiger partial charge in [-0.25, -0.2) is 8.42 Å². The minimum absolute atomic E-state index is 0.499. The van der Waals surface area contributed by atoms with Crippen molar-refractivity contribution >= 4 is 10.0 Å². The average molecular weight is 251 g/mol. The smallest absolute Gasteiger partial charge is 0.211 e. The maximum atomic E-state index is 10.9. The molecule has 96 valence electrons. The van der Waals surface area contributed by atoms with Crippen LogP contribution in [0.5, 0.6) is 0 Å². The van der Waals surface area contributed by atoms with Crippen LogP contribution < -0.4 is 10.6 Å². The van der Waals surface area contributed by atoms with E-state index in [-0.39, 0.29) is 0 Å². The van der Waals surface area contributed by atoms with Crippen LogP contribution in [0.4, 0.5) is 0 Å². The number of hydrogen-bond acceptors (Lipinski definition) is 5. The molecular formula is C9H21N3O3S. The lowest BCUT2D eigenvalue weighted by Gasteiger charge is -2.23. The number of piperazine rings is 1. The lowest BCUT2D eigenvalue weighted by molar-refractivity contribution is 0.0733. The van der Waals surface area contributed by atoms with E-state index >= 15 is 0 Å². The molecule has 0 bridgehead atoms. The molecule has 6 nitrogen and oxygen atoms in total. The molecular weight excluding hydrogens is 230 g/mol. The highest BCUT2D eigenvalue weighted by Gasteiger charge is 2.18. The van der Waals surface area contributed by atoms with E-state index in [1.54, 1.807) is 0 Å². The third-order valence-electron chi connectivity index (χ3n) is 2.40. The first-order valence-electron chi connectivity index (χ1n) is 5.55. The van der Waals surface area contributed by atoms with Gasteiger partial charge in [-0.2, -0.15) is 4.31 Å². The van der Waals surface area contributed by atoms with Gasteiger partial charge in [0.05, 0.1) is 19.5 Å². The first-order valence-corrected chi connectivity index (χ1v) is 7.40. The molecule has 2 heterocycles. The minimum Gasteiger partial charge on any atom is -0.379 e. The highest BCUT2D eigenvalue weighted by molar-refractivity contribution is 7.88. The number of hydrogen-bond donors (Lipinski definition) is 2. The van der Waals surface area contributed by atoms with E-state index in [2.05, 4.69) is 10.6 Å². The van der Waals surface area contributed by atoms with Gasteiger partial charge in [-0.3, -0.25) is 0 Å². The molecule has 0 radical (unpaired) electrons. The Kier molecular flexibility index (Phi) is 6.22. The van der Waals surface area contributed by atoms with Crippen molar-refractivity contribution in [1.29, 1.82) is 0 Å². The van der Waals surface area contributed by atoms with E-state index in [4.69, 9.17) is 4.74 Å². The van der Waals surface area contributed by atoms with Crippen molar-refractivity contribution < 1.29 is 13.2 Å². The first kappa shape index (κ1) is 13.9. The molecule has 0 unspecified atom stereocenters. The topological polar surface area (TPSA) is 70.7 Å². The van der Waals surface area contributed by atoms with Gasteiger partial charge in [0.1, 0.15) is 0 Å². The van der Waals surface area contributed by atoms with Gasteiger partial charge < -0.3 is 15.4 Å². The molecule has 0 atom stereocenters. The second-order valence-electron chi connectivity index (χ2n) is 3.77. The second-order valence-corrected chi connectivity index (χ2v) is 5.76. The van der Waals surface area contributed by atoms with E-state index < -0.39 is 10.0 Å². The molecule has 0 aromatic carbocycles. The van der Waals surface area contributed by atoms with Crippen molar-refractivity contribution in [2.75, 3.05) is 58.7 Å². The summed E-state index contributed by atoms with van der Waals surface area (Å²) in [4.78, 5) is 0. The van der Waals surface area contributed by atoms with E-state index in [0.29, 0.717) is 26.3 Å². The van der Waals surface area contributed by atoms with Crippen LogP contribution in [0.2, 0.25) is 0 Å². The van der Waals surface area contributed by atoms with Crippen molar-refractivity contribution in [2.45, 2.75) is 0 Å². The van der Waals surface area contributed by atoms with Gasteiger partial charge in [-0.05, 0) is 0 Å². The van der Waals surface area contributed by atoms with Gasteiger partial charge in [0.15, 0.2) is 0 Å². The quantitative estimate of drug-likeness (QED) is 0.591. The summed E-state index contributed by atoms with van der Waals surface area (Å²) in [6, 6.07) is 0. The average Bonchev–Trinajstić information content (AvgIpc) is 2.32. The zero-order chi connectivity index (χ0) is 11.9. The number of ether oxygens (including phenoxy) is 1. The van der Waals surface area contributed by atoms with Crippen molar-refractivity contribution in [3.63, 3.8) is 0 Å². The highest BCUT2D eigenvalue weighted by atomic mass is 32.2. The van der Waals surface area contributed by atoms with Gasteiger partial charge >= 0.3 is 0 Å². The standard InChI is InChI=1S/C5H11NO3S.C4H10N2/c1-10(7,8)6-2-4-9-5-3-6;1-2-6-4-3-5-1/h2-5H2,1H3;5-6H,1-4H2. The number of morpholine rings is 1. The Morgan fingerprint density at radius 3 is 1.69 bits per heavy atom. The van der Waals surface area contributed by atoms with Crippen molar-refractivity contribution in [3.8, 4) is 0 Å². The molecule has 0 aliphatic carbocycles. The summed E-state index contributed by atoms with van der Waals surface area (Å²) in [5, 5.41) is 6.44. The van der Waals surface area contributed by atoms with Gasteiger partial charge in [0, 0.05) is 39.3 Å². The Balaban J connectivity index is 0.000000181. The van der Waals surface area contributed by atoms with Crippen molar-refractivity contribution in [2.24, 2.45) is 0 Å². The Labute approximate surface area is 97.4 Å². The number of nitrogens with one attached hydrogen (secondary N) is 2. The molecule has 2 saturated heterocycles. The largest absolute Gasteiger partial charge is 0.379 e. The Morgan fingerprint density at radius 1 is 1.00 bits per heavy atom. The molecule has 0 saturated carbocycles. The van der Waals surface area contributed by atoms with Gasteiger partial charge in [-0.15, -0.1) is 0 Å². The maximum absolute atomic E-state index is 10.9. The second kappa shape index (κ2) is 7.18. The predicted molar refractivity (Wildman–Crippen MR) is 63.0 cm³/mol. The van der Waals surface area contributed by atoms with E-state index in [1.807, 2.05) is 0 Å². The number of sulfonamides is 1. The zero-order valence-electron chi connectivity index (χ0n) is 9.74. The fraction of sp³-hybridized carbons (Fsp3) is 1.00. The predicted octanol–water partition coefficient (Wildman–Crippen LogP) is -1.54. The molecule has 7 heteroatoms. The maximum Gasteiger partial charge on any atom is 0.211 e. The Hall–Kier alpha value is -0.210. The molecule has 2 aliphatic heterocycles. The molecule has 2 rings (SSSR count). The summed E-state index contributed by atoms with van der Waals surface area (Å²) < 4.78 is 28.1. The van der Waals surface area contributed by atoms with Crippen LogP contribution in [0.3, 0.4) is 0 Å². The first-order chi connectivity index (χ1) is 7.61. The molecule has 2 aliphatic rings. The van der Waals surface area contributed by atoms with E-state index in [1.165, 1.54) is 10.6 Å². The van der Waals surface area contributed by atoms with E-state index in [0.717, 1.165) is 26.2 Å². The fourth-order valence-corrected chi connectivity index (χ4v) is 2.29. The Bertz CT molecular complexity index is 260. The molecule has 0 amide bonds. The summed E-state index contributed by atoms with van der Waals surface area (Å²) in [6.45, 7) is 6.60. The fourth-order valence-electron chi connectivity index (χ4n) is 1.48. The van der Waals surface area contributed by atoms with E-state index in [9.17, 15) is 8.42 Å². The summed E-state index contributed by atoms with van der Waals surface area (Å²) in [5.74, 6) is 0. The number of rotatable bonds is 1. The van der Waals surface area contributed by atoms with Crippen molar-refractivity contribution in [3.05, 3.63) is 0 Å². The molecule has 0 spiro atoms.